The number of carbonyl (C=O) groups is 1. The van der Waals surface area contributed by atoms with Gasteiger partial charge in [-0.3, -0.25) is 9.89 Å². The standard InChI is InChI=1S/C11H13F3N2OS/c1-7-9(5-3-4-6-18-8(2)17)10(16-15-7)11(12,13)14/h3,5H,4,6H2,1-2H3,(H,15,16). The molecule has 1 rings (SSSR count). The lowest BCUT2D eigenvalue weighted by molar-refractivity contribution is -0.141. The van der Waals surface area contributed by atoms with Crippen molar-refractivity contribution in [2.75, 3.05) is 5.75 Å². The average Bonchev–Trinajstić information content (AvgIpc) is 2.59. The maximum absolute atomic E-state index is 12.6. The van der Waals surface area contributed by atoms with E-state index in [4.69, 9.17) is 0 Å². The molecule has 0 saturated heterocycles. The Kier molecular flexibility index (Phi) is 5.01. The second-order valence-electron chi connectivity index (χ2n) is 3.64. The van der Waals surface area contributed by atoms with Crippen LogP contribution in [0, 0.1) is 6.92 Å². The third-order valence-electron chi connectivity index (χ3n) is 2.14. The van der Waals surface area contributed by atoms with Gasteiger partial charge in [0.1, 0.15) is 0 Å². The van der Waals surface area contributed by atoms with E-state index in [-0.39, 0.29) is 10.7 Å². The van der Waals surface area contributed by atoms with E-state index in [0.717, 1.165) is 11.8 Å². The second-order valence-corrected chi connectivity index (χ2v) is 4.91. The highest BCUT2D eigenvalue weighted by molar-refractivity contribution is 8.13. The molecule has 100 valence electrons. The summed E-state index contributed by atoms with van der Waals surface area (Å²) in [6, 6.07) is 0. The number of thioether (sulfide) groups is 1. The molecular weight excluding hydrogens is 265 g/mol. The maximum atomic E-state index is 12.6. The smallest absolute Gasteiger partial charge is 0.288 e. The minimum atomic E-state index is -4.46. The van der Waals surface area contributed by atoms with Gasteiger partial charge in [0.2, 0.25) is 0 Å². The summed E-state index contributed by atoms with van der Waals surface area (Å²) in [5, 5.41) is 5.57. The van der Waals surface area contributed by atoms with Crippen molar-refractivity contribution >= 4 is 23.0 Å². The minimum Gasteiger partial charge on any atom is -0.288 e. The molecule has 0 aliphatic carbocycles. The summed E-state index contributed by atoms with van der Waals surface area (Å²) < 4.78 is 37.7. The van der Waals surface area contributed by atoms with Crippen molar-refractivity contribution in [3.8, 4) is 0 Å². The summed E-state index contributed by atoms with van der Waals surface area (Å²) in [7, 11) is 0. The fourth-order valence-corrected chi connectivity index (χ4v) is 1.87. The number of hydrogen-bond donors (Lipinski definition) is 1. The number of aromatic amines is 1. The van der Waals surface area contributed by atoms with E-state index in [1.807, 2.05) is 0 Å². The zero-order valence-corrected chi connectivity index (χ0v) is 10.8. The van der Waals surface area contributed by atoms with E-state index in [1.165, 1.54) is 19.9 Å². The molecule has 0 bridgehead atoms. The lowest BCUT2D eigenvalue weighted by Crippen LogP contribution is -2.07. The second kappa shape index (κ2) is 6.08. The molecule has 0 unspecified atom stereocenters. The van der Waals surface area contributed by atoms with Crippen molar-refractivity contribution in [2.24, 2.45) is 0 Å². The molecule has 0 aliphatic rings. The lowest BCUT2D eigenvalue weighted by atomic mass is 10.1. The number of halogens is 3. The van der Waals surface area contributed by atoms with Crippen molar-refractivity contribution in [3.63, 3.8) is 0 Å². The molecule has 0 fully saturated rings. The van der Waals surface area contributed by atoms with E-state index in [9.17, 15) is 18.0 Å². The Morgan fingerprint density at radius 3 is 2.72 bits per heavy atom. The van der Waals surface area contributed by atoms with Crippen LogP contribution in [-0.4, -0.2) is 21.1 Å². The molecule has 0 atom stereocenters. The molecule has 0 radical (unpaired) electrons. The zero-order valence-electron chi connectivity index (χ0n) is 9.97. The first-order valence-corrected chi connectivity index (χ1v) is 6.23. The average molecular weight is 278 g/mol. The normalized spacial score (nSPS) is 12.3. The van der Waals surface area contributed by atoms with Gasteiger partial charge < -0.3 is 0 Å². The SMILES string of the molecule is CC(=O)SCCC=Cc1c(C(F)(F)F)n[nH]c1C. The van der Waals surface area contributed by atoms with Gasteiger partial charge >= 0.3 is 6.18 Å². The van der Waals surface area contributed by atoms with Gasteiger partial charge in [0, 0.05) is 23.9 Å². The van der Waals surface area contributed by atoms with Crippen LogP contribution in [0.1, 0.15) is 30.3 Å². The summed E-state index contributed by atoms with van der Waals surface area (Å²) in [6.07, 6.45) is -0.921. The lowest BCUT2D eigenvalue weighted by Gasteiger charge is -2.03. The maximum Gasteiger partial charge on any atom is 0.435 e. The van der Waals surface area contributed by atoms with Crippen LogP contribution in [0.25, 0.3) is 6.08 Å². The van der Waals surface area contributed by atoms with Crippen LogP contribution in [0.4, 0.5) is 13.2 Å². The van der Waals surface area contributed by atoms with Crippen molar-refractivity contribution < 1.29 is 18.0 Å². The van der Waals surface area contributed by atoms with Gasteiger partial charge in [0.05, 0.1) is 0 Å². The number of nitrogens with zero attached hydrogens (tertiary/aromatic N) is 1. The molecule has 1 N–H and O–H groups in total. The van der Waals surface area contributed by atoms with Crippen molar-refractivity contribution in [2.45, 2.75) is 26.4 Å². The first-order chi connectivity index (χ1) is 8.32. The molecule has 18 heavy (non-hydrogen) atoms. The van der Waals surface area contributed by atoms with E-state index < -0.39 is 11.9 Å². The molecular formula is C11H13F3N2OS. The van der Waals surface area contributed by atoms with Crippen molar-refractivity contribution in [1.82, 2.24) is 10.2 Å². The summed E-state index contributed by atoms with van der Waals surface area (Å²) in [6.45, 7) is 2.99. The summed E-state index contributed by atoms with van der Waals surface area (Å²) in [5.74, 6) is 0.560. The number of aryl methyl sites for hydroxylation is 1. The number of carbonyl (C=O) groups excluding carboxylic acids is 1. The van der Waals surface area contributed by atoms with E-state index in [1.54, 1.807) is 6.08 Å². The van der Waals surface area contributed by atoms with Gasteiger partial charge in [0.15, 0.2) is 10.8 Å². The molecule has 3 nitrogen and oxygen atoms in total. The Hall–Kier alpha value is -1.24. The Labute approximate surface area is 107 Å². The quantitative estimate of drug-likeness (QED) is 0.858. The van der Waals surface area contributed by atoms with E-state index >= 15 is 0 Å². The van der Waals surface area contributed by atoms with Crippen molar-refractivity contribution in [1.29, 1.82) is 0 Å². The Morgan fingerprint density at radius 2 is 2.17 bits per heavy atom. The molecule has 1 aromatic heterocycles. The third-order valence-corrected chi connectivity index (χ3v) is 2.98. The summed E-state index contributed by atoms with van der Waals surface area (Å²) in [4.78, 5) is 10.7. The van der Waals surface area contributed by atoms with Crippen LogP contribution in [0.15, 0.2) is 6.08 Å². The zero-order chi connectivity index (χ0) is 13.8. The molecule has 1 heterocycles. The van der Waals surface area contributed by atoms with Gasteiger partial charge in [-0.25, -0.2) is 0 Å². The fraction of sp³-hybridized carbons (Fsp3) is 0.455. The number of hydrogen-bond acceptors (Lipinski definition) is 3. The predicted octanol–water partition coefficient (Wildman–Crippen LogP) is 3.42. The molecule has 1 aromatic rings. The Balaban J connectivity index is 2.69. The monoisotopic (exact) mass is 278 g/mol. The summed E-state index contributed by atoms with van der Waals surface area (Å²) in [5.41, 5.74) is -0.483. The van der Waals surface area contributed by atoms with Crippen LogP contribution in [0.3, 0.4) is 0 Å². The van der Waals surface area contributed by atoms with E-state index in [2.05, 4.69) is 10.2 Å². The van der Waals surface area contributed by atoms with Crippen molar-refractivity contribution in [3.05, 3.63) is 23.0 Å². The highest BCUT2D eigenvalue weighted by Gasteiger charge is 2.36. The highest BCUT2D eigenvalue weighted by atomic mass is 32.2. The molecule has 0 aliphatic heterocycles. The fourth-order valence-electron chi connectivity index (χ4n) is 1.33. The van der Waals surface area contributed by atoms with Gasteiger partial charge in [-0.05, 0) is 13.3 Å². The Morgan fingerprint density at radius 1 is 1.50 bits per heavy atom. The van der Waals surface area contributed by atoms with Gasteiger partial charge in [-0.15, -0.1) is 0 Å². The molecule has 0 spiro atoms. The first kappa shape index (κ1) is 14.8. The number of rotatable bonds is 4. The third kappa shape index (κ3) is 4.21. The van der Waals surface area contributed by atoms with Crippen LogP contribution in [0.5, 0.6) is 0 Å². The molecule has 0 amide bonds. The largest absolute Gasteiger partial charge is 0.435 e. The minimum absolute atomic E-state index is 0.00104. The van der Waals surface area contributed by atoms with E-state index in [0.29, 0.717) is 17.9 Å². The number of aromatic nitrogens is 2. The van der Waals surface area contributed by atoms with Crippen LogP contribution in [-0.2, 0) is 11.0 Å². The summed E-state index contributed by atoms with van der Waals surface area (Å²) >= 11 is 1.15. The number of nitrogens with one attached hydrogen (secondary N) is 1. The number of alkyl halides is 3. The first-order valence-electron chi connectivity index (χ1n) is 5.24. The van der Waals surface area contributed by atoms with Gasteiger partial charge in [-0.1, -0.05) is 23.9 Å². The number of H-pyrrole nitrogens is 1. The molecule has 0 aromatic carbocycles. The predicted molar refractivity (Wildman–Crippen MR) is 65.1 cm³/mol. The topological polar surface area (TPSA) is 45.8 Å². The molecule has 0 saturated carbocycles. The Bertz CT molecular complexity index is 452. The van der Waals surface area contributed by atoms with Gasteiger partial charge in [-0.2, -0.15) is 18.3 Å². The number of allylic oxidation sites excluding steroid dienone is 1. The van der Waals surface area contributed by atoms with Crippen LogP contribution >= 0.6 is 11.8 Å². The van der Waals surface area contributed by atoms with Crippen LogP contribution < -0.4 is 0 Å². The van der Waals surface area contributed by atoms with Gasteiger partial charge in [0.25, 0.3) is 0 Å². The highest BCUT2D eigenvalue weighted by Crippen LogP contribution is 2.32. The molecule has 7 heteroatoms. The van der Waals surface area contributed by atoms with Crippen LogP contribution in [0.2, 0.25) is 0 Å².